The molecule has 1 fully saturated rings. The summed E-state index contributed by atoms with van der Waals surface area (Å²) in [5.74, 6) is -2.26. The van der Waals surface area contributed by atoms with Gasteiger partial charge >= 0.3 is 5.97 Å². The summed E-state index contributed by atoms with van der Waals surface area (Å²) in [5.41, 5.74) is 5.12. The minimum atomic E-state index is -1.23. The van der Waals surface area contributed by atoms with Crippen molar-refractivity contribution in [3.63, 3.8) is 0 Å². The van der Waals surface area contributed by atoms with E-state index < -0.39 is 29.2 Å². The first-order chi connectivity index (χ1) is 14.9. The third-order valence-electron chi connectivity index (χ3n) is 4.39. The van der Waals surface area contributed by atoms with Crippen LogP contribution in [0.15, 0.2) is 50.6 Å². The van der Waals surface area contributed by atoms with Crippen LogP contribution in [0.2, 0.25) is 0 Å². The number of hydrogen-bond acceptors (Lipinski definition) is 11. The zero-order chi connectivity index (χ0) is 22.1. The minimum Gasteiger partial charge on any atom is -0.477 e. The molecule has 2 aliphatic heterocycles. The Bertz CT molecular complexity index is 1120. The Morgan fingerprint density at radius 2 is 2.10 bits per heavy atom. The number of nitrogens with zero attached hydrogens (tertiary/aromatic N) is 4. The summed E-state index contributed by atoms with van der Waals surface area (Å²) < 4.78 is 0. The number of carboxylic acids is 1. The number of carbonyl (C=O) groups is 3. The molecule has 2 amide bonds. The number of hydrogen-bond donors (Lipinski definition) is 4. The maximum Gasteiger partial charge on any atom is 0.353 e. The van der Waals surface area contributed by atoms with Crippen LogP contribution in [0.25, 0.3) is 0 Å². The highest BCUT2D eigenvalue weighted by Gasteiger charge is 2.54. The molecular weight excluding hydrogens is 464 g/mol. The van der Waals surface area contributed by atoms with Crippen molar-refractivity contribution in [2.45, 2.75) is 16.3 Å². The quantitative estimate of drug-likeness (QED) is 0.201. The average molecular weight is 479 g/mol. The molecule has 0 bridgehead atoms. The summed E-state index contributed by atoms with van der Waals surface area (Å²) in [6.45, 7) is 0. The van der Waals surface area contributed by atoms with Crippen LogP contribution in [0.5, 0.6) is 0 Å². The number of nitrogens with two attached hydrogens (primary N) is 1. The molecule has 4 rings (SSSR count). The van der Waals surface area contributed by atoms with Gasteiger partial charge in [0.15, 0.2) is 10.8 Å². The van der Waals surface area contributed by atoms with Crippen molar-refractivity contribution in [2.24, 2.45) is 5.16 Å². The number of nitrogen functional groups attached to an aromatic ring is 1. The second-order valence-electron chi connectivity index (χ2n) is 6.24. The Morgan fingerprint density at radius 1 is 1.35 bits per heavy atom. The number of thiazole rings is 1. The van der Waals surface area contributed by atoms with E-state index in [2.05, 4.69) is 20.4 Å². The fourth-order valence-electron chi connectivity index (χ4n) is 3.04. The number of pyridine rings is 1. The molecule has 1 saturated heterocycles. The molecular formula is C17H14N6O5S3. The van der Waals surface area contributed by atoms with E-state index in [4.69, 9.17) is 5.73 Å². The van der Waals surface area contributed by atoms with E-state index in [0.29, 0.717) is 10.7 Å². The number of fused-ring (bicyclic) bond motifs is 1. The van der Waals surface area contributed by atoms with E-state index in [1.54, 1.807) is 24.5 Å². The van der Waals surface area contributed by atoms with Crippen molar-refractivity contribution in [2.75, 3.05) is 11.5 Å². The Morgan fingerprint density at radius 3 is 2.71 bits per heavy atom. The molecule has 0 aromatic carbocycles. The number of aliphatic carboxylic acids is 1. The normalized spacial score (nSPS) is 20.8. The summed E-state index contributed by atoms with van der Waals surface area (Å²) in [6, 6.07) is 2.53. The Labute approximate surface area is 187 Å². The van der Waals surface area contributed by atoms with Gasteiger partial charge in [-0.05, 0) is 12.1 Å². The molecule has 2 atom stereocenters. The Balaban J connectivity index is 1.52. The molecule has 4 heterocycles. The van der Waals surface area contributed by atoms with Crippen LogP contribution in [0.3, 0.4) is 0 Å². The summed E-state index contributed by atoms with van der Waals surface area (Å²) in [7, 11) is 0. The van der Waals surface area contributed by atoms with Gasteiger partial charge in [-0.15, -0.1) is 23.1 Å². The highest BCUT2D eigenvalue weighted by molar-refractivity contribution is 8.06. The highest BCUT2D eigenvalue weighted by Crippen LogP contribution is 2.45. The van der Waals surface area contributed by atoms with Gasteiger partial charge in [-0.2, -0.15) is 0 Å². The van der Waals surface area contributed by atoms with Gasteiger partial charge in [-0.1, -0.05) is 16.9 Å². The van der Waals surface area contributed by atoms with Gasteiger partial charge in [0.05, 0.1) is 0 Å². The maximum absolute atomic E-state index is 12.7. The van der Waals surface area contributed by atoms with Crippen LogP contribution in [0.4, 0.5) is 5.13 Å². The third kappa shape index (κ3) is 3.96. The van der Waals surface area contributed by atoms with Crippen molar-refractivity contribution in [1.29, 1.82) is 0 Å². The fourth-order valence-corrected chi connectivity index (χ4v) is 6.04. The molecule has 5 N–H and O–H groups in total. The zero-order valence-corrected chi connectivity index (χ0v) is 17.9. The molecule has 0 unspecified atom stereocenters. The molecule has 160 valence electrons. The monoisotopic (exact) mass is 478 g/mol. The van der Waals surface area contributed by atoms with E-state index in [1.807, 2.05) is 0 Å². The average Bonchev–Trinajstić information content (AvgIpc) is 3.18. The van der Waals surface area contributed by atoms with E-state index in [9.17, 15) is 24.7 Å². The molecule has 0 saturated carbocycles. The van der Waals surface area contributed by atoms with Crippen molar-refractivity contribution < 1.29 is 24.7 Å². The molecule has 31 heavy (non-hydrogen) atoms. The van der Waals surface area contributed by atoms with Gasteiger partial charge in [-0.25, -0.2) is 9.78 Å². The van der Waals surface area contributed by atoms with Gasteiger partial charge in [-0.3, -0.25) is 19.5 Å². The molecule has 2 aliphatic rings. The van der Waals surface area contributed by atoms with Crippen molar-refractivity contribution in [3.05, 3.63) is 46.2 Å². The number of β-lactam (4-membered cyclic amide) rings is 1. The minimum absolute atomic E-state index is 0.0737. The lowest BCUT2D eigenvalue weighted by Gasteiger charge is -2.49. The van der Waals surface area contributed by atoms with Crippen LogP contribution in [-0.2, 0) is 14.4 Å². The van der Waals surface area contributed by atoms with Gasteiger partial charge in [0, 0.05) is 33.3 Å². The lowest BCUT2D eigenvalue weighted by atomic mass is 10.0. The molecule has 0 aliphatic carbocycles. The van der Waals surface area contributed by atoms with E-state index in [1.165, 1.54) is 33.8 Å². The number of carbonyl (C=O) groups excluding carboxylic acids is 2. The van der Waals surface area contributed by atoms with Crippen molar-refractivity contribution >= 4 is 63.5 Å². The second kappa shape index (κ2) is 8.56. The van der Waals surface area contributed by atoms with Crippen LogP contribution in [-0.4, -0.2) is 65.8 Å². The number of carboxylic acid groups (broad SMARTS) is 1. The SMILES string of the molecule is Nc1nc(/C(=N/O)C(=O)N[C@@H]2C(=O)N3C(C(=O)O)=C(Sc4ccncc4)CS[C@@H]23)cs1. The van der Waals surface area contributed by atoms with Crippen LogP contribution < -0.4 is 11.1 Å². The highest BCUT2D eigenvalue weighted by atomic mass is 32.2. The van der Waals surface area contributed by atoms with Gasteiger partial charge in [0.25, 0.3) is 11.8 Å². The van der Waals surface area contributed by atoms with Crippen LogP contribution >= 0.6 is 34.9 Å². The molecule has 2 aromatic heterocycles. The topological polar surface area (TPSA) is 171 Å². The lowest BCUT2D eigenvalue weighted by molar-refractivity contribution is -0.150. The van der Waals surface area contributed by atoms with Crippen molar-refractivity contribution in [3.8, 4) is 0 Å². The predicted molar refractivity (Wildman–Crippen MR) is 115 cm³/mol. The predicted octanol–water partition coefficient (Wildman–Crippen LogP) is 0.787. The number of oxime groups is 1. The fraction of sp³-hybridized carbons (Fsp3) is 0.176. The number of amides is 2. The number of aromatic nitrogens is 2. The smallest absolute Gasteiger partial charge is 0.353 e. The van der Waals surface area contributed by atoms with Gasteiger partial charge in [0.1, 0.15) is 22.8 Å². The first-order valence-corrected chi connectivity index (χ1v) is 11.4. The second-order valence-corrected chi connectivity index (χ2v) is 9.41. The van der Waals surface area contributed by atoms with E-state index in [-0.39, 0.29) is 22.2 Å². The first kappa shape index (κ1) is 21.1. The number of anilines is 1. The first-order valence-electron chi connectivity index (χ1n) is 8.64. The third-order valence-corrected chi connectivity index (χ3v) is 7.62. The number of nitrogens with one attached hydrogen (secondary N) is 1. The van der Waals surface area contributed by atoms with Crippen LogP contribution in [0, 0.1) is 0 Å². The largest absolute Gasteiger partial charge is 0.477 e. The summed E-state index contributed by atoms with van der Waals surface area (Å²) in [6.07, 6.45) is 3.19. The summed E-state index contributed by atoms with van der Waals surface area (Å²) in [4.78, 5) is 47.5. The van der Waals surface area contributed by atoms with Crippen LogP contribution in [0.1, 0.15) is 5.69 Å². The number of rotatable bonds is 6. The Kier molecular flexibility index (Phi) is 5.84. The maximum atomic E-state index is 12.7. The van der Waals surface area contributed by atoms with E-state index in [0.717, 1.165) is 16.2 Å². The molecule has 0 spiro atoms. The Hall–Kier alpha value is -3.10. The molecule has 14 heteroatoms. The summed E-state index contributed by atoms with van der Waals surface area (Å²) in [5, 5.41) is 25.4. The van der Waals surface area contributed by atoms with E-state index >= 15 is 0 Å². The summed E-state index contributed by atoms with van der Waals surface area (Å²) >= 11 is 3.65. The van der Waals surface area contributed by atoms with Crippen molar-refractivity contribution in [1.82, 2.24) is 20.2 Å². The zero-order valence-electron chi connectivity index (χ0n) is 15.5. The van der Waals surface area contributed by atoms with Gasteiger partial charge < -0.3 is 21.4 Å². The molecule has 2 aromatic rings. The lowest BCUT2D eigenvalue weighted by Crippen LogP contribution is -2.71. The standard InChI is InChI=1S/C17H14N6O5S3/c18-17-20-8(5-30-17)10(22-28)13(24)21-11-14(25)23-12(16(26)27)9(6-29-15(11)23)31-7-1-3-19-4-2-7/h1-5,11,15,28H,6H2,(H2,18,20)(H,21,24)(H,26,27)/b22-10-/t11-,15+/m1/s1. The molecule has 11 nitrogen and oxygen atoms in total. The van der Waals surface area contributed by atoms with Gasteiger partial charge in [0.2, 0.25) is 0 Å². The number of thioether (sulfide) groups is 2. The molecule has 0 radical (unpaired) electrons.